The second-order valence-corrected chi connectivity index (χ2v) is 6.54. The normalized spacial score (nSPS) is 29.9. The molecule has 0 heterocycles. The van der Waals surface area contributed by atoms with E-state index in [-0.39, 0.29) is 11.6 Å². The van der Waals surface area contributed by atoms with E-state index in [2.05, 4.69) is 5.32 Å². The third-order valence-corrected chi connectivity index (χ3v) is 5.15. The third kappa shape index (κ3) is 2.82. The van der Waals surface area contributed by atoms with Crippen LogP contribution in [0.25, 0.3) is 0 Å². The zero-order chi connectivity index (χ0) is 14.1. The van der Waals surface area contributed by atoms with E-state index in [1.54, 1.807) is 6.92 Å². The number of rotatable bonds is 2. The van der Waals surface area contributed by atoms with Crippen LogP contribution in [0.1, 0.15) is 50.5 Å². The third-order valence-electron chi connectivity index (χ3n) is 5.15. The van der Waals surface area contributed by atoms with Crippen LogP contribution in [0.5, 0.6) is 0 Å². The number of hydrogen-bond acceptors (Lipinski definition) is 1. The van der Waals surface area contributed by atoms with Gasteiger partial charge in [0.2, 0.25) is 0 Å². The van der Waals surface area contributed by atoms with Crippen LogP contribution < -0.4 is 5.32 Å². The highest BCUT2D eigenvalue weighted by atomic mass is 19.1. The molecule has 0 bridgehead atoms. The molecule has 1 nitrogen and oxygen atoms in total. The van der Waals surface area contributed by atoms with E-state index in [0.29, 0.717) is 17.3 Å². The van der Waals surface area contributed by atoms with Gasteiger partial charge in [-0.05, 0) is 49.7 Å². The lowest BCUT2D eigenvalue weighted by atomic mass is 9.69. The second kappa shape index (κ2) is 5.71. The highest BCUT2D eigenvalue weighted by Crippen LogP contribution is 2.41. The molecule has 3 atom stereocenters. The Morgan fingerprint density at radius 1 is 0.950 bits per heavy atom. The fourth-order valence-corrected chi connectivity index (χ4v) is 3.98. The van der Waals surface area contributed by atoms with Crippen molar-refractivity contribution in [1.29, 1.82) is 0 Å². The zero-order valence-electron chi connectivity index (χ0n) is 12.1. The van der Waals surface area contributed by atoms with E-state index >= 15 is 0 Å². The maximum atomic E-state index is 13.9. The molecule has 0 radical (unpaired) electrons. The Balaban J connectivity index is 1.68. The Morgan fingerprint density at radius 3 is 2.50 bits per heavy atom. The molecule has 0 aromatic heterocycles. The summed E-state index contributed by atoms with van der Waals surface area (Å²) in [4.78, 5) is 0. The van der Waals surface area contributed by atoms with Crippen molar-refractivity contribution in [3.05, 3.63) is 29.3 Å². The summed E-state index contributed by atoms with van der Waals surface area (Å²) in [6.07, 6.45) is 8.81. The van der Waals surface area contributed by atoms with Gasteiger partial charge in [0.15, 0.2) is 0 Å². The van der Waals surface area contributed by atoms with Crippen LogP contribution in [0.4, 0.5) is 14.5 Å². The number of benzene rings is 1. The van der Waals surface area contributed by atoms with Crippen molar-refractivity contribution in [2.45, 2.75) is 57.9 Å². The molecule has 0 aliphatic heterocycles. The molecule has 2 aliphatic rings. The quantitative estimate of drug-likeness (QED) is 0.799. The Bertz CT molecular complexity index is 486. The van der Waals surface area contributed by atoms with Crippen molar-refractivity contribution < 1.29 is 8.78 Å². The number of halogens is 2. The lowest BCUT2D eigenvalue weighted by Crippen LogP contribution is -2.34. The lowest BCUT2D eigenvalue weighted by Gasteiger charge is -2.39. The van der Waals surface area contributed by atoms with E-state index in [1.165, 1.54) is 44.2 Å². The van der Waals surface area contributed by atoms with Crippen LogP contribution >= 0.6 is 0 Å². The topological polar surface area (TPSA) is 12.0 Å². The molecule has 0 saturated heterocycles. The fourth-order valence-electron chi connectivity index (χ4n) is 3.98. The van der Waals surface area contributed by atoms with Gasteiger partial charge in [-0.15, -0.1) is 0 Å². The van der Waals surface area contributed by atoms with Gasteiger partial charge in [-0.2, -0.15) is 0 Å². The molecular formula is C17H23F2N. The summed E-state index contributed by atoms with van der Waals surface area (Å²) in [5, 5.41) is 3.24. The predicted octanol–water partition coefficient (Wildman–Crippen LogP) is 5.04. The number of aryl methyl sites for hydroxylation is 1. The minimum absolute atomic E-state index is 0.297. The van der Waals surface area contributed by atoms with E-state index < -0.39 is 0 Å². The van der Waals surface area contributed by atoms with Gasteiger partial charge in [-0.1, -0.05) is 25.7 Å². The molecule has 3 heteroatoms. The van der Waals surface area contributed by atoms with Crippen LogP contribution in [-0.2, 0) is 0 Å². The number of hydrogen-bond donors (Lipinski definition) is 1. The Morgan fingerprint density at radius 2 is 1.70 bits per heavy atom. The first kappa shape index (κ1) is 13.8. The highest BCUT2D eigenvalue weighted by Gasteiger charge is 2.32. The molecule has 0 amide bonds. The lowest BCUT2D eigenvalue weighted by molar-refractivity contribution is 0.162. The summed E-state index contributed by atoms with van der Waals surface area (Å²) in [6, 6.07) is 2.88. The summed E-state index contributed by atoms with van der Waals surface area (Å²) in [7, 11) is 0. The van der Waals surface area contributed by atoms with Gasteiger partial charge in [0.25, 0.3) is 0 Å². The standard InChI is InChI=1S/C17H23F2N/c1-11-8-16(19)17(10-15(11)18)20-14-7-6-12-4-2-3-5-13(12)9-14/h8,10,12-14,20H,2-7,9H2,1H3. The first-order chi connectivity index (χ1) is 9.63. The monoisotopic (exact) mass is 279 g/mol. The van der Waals surface area contributed by atoms with Crippen molar-refractivity contribution in [2.75, 3.05) is 5.32 Å². The molecule has 20 heavy (non-hydrogen) atoms. The minimum atomic E-state index is -0.338. The van der Waals surface area contributed by atoms with Crippen LogP contribution in [0.2, 0.25) is 0 Å². The molecule has 1 aromatic carbocycles. The van der Waals surface area contributed by atoms with Crippen LogP contribution in [0.15, 0.2) is 12.1 Å². The average molecular weight is 279 g/mol. The van der Waals surface area contributed by atoms with Gasteiger partial charge in [0.05, 0.1) is 5.69 Å². The van der Waals surface area contributed by atoms with Gasteiger partial charge < -0.3 is 5.32 Å². The first-order valence-electron chi connectivity index (χ1n) is 7.85. The maximum absolute atomic E-state index is 13.9. The fraction of sp³-hybridized carbons (Fsp3) is 0.647. The second-order valence-electron chi connectivity index (χ2n) is 6.54. The summed E-state index contributed by atoms with van der Waals surface area (Å²) in [6.45, 7) is 1.59. The SMILES string of the molecule is Cc1cc(F)c(NC2CCC3CCCCC3C2)cc1F. The van der Waals surface area contributed by atoms with Crippen molar-refractivity contribution in [1.82, 2.24) is 0 Å². The molecule has 0 spiro atoms. The van der Waals surface area contributed by atoms with Crippen molar-refractivity contribution in [2.24, 2.45) is 11.8 Å². The van der Waals surface area contributed by atoms with E-state index in [9.17, 15) is 8.78 Å². The number of anilines is 1. The van der Waals surface area contributed by atoms with Crippen LogP contribution in [0.3, 0.4) is 0 Å². The largest absolute Gasteiger partial charge is 0.380 e. The number of nitrogens with one attached hydrogen (secondary N) is 1. The molecule has 1 aromatic rings. The van der Waals surface area contributed by atoms with E-state index in [1.807, 2.05) is 0 Å². The molecule has 3 rings (SSSR count). The molecule has 110 valence electrons. The van der Waals surface area contributed by atoms with Gasteiger partial charge >= 0.3 is 0 Å². The van der Waals surface area contributed by atoms with Gasteiger partial charge in [-0.3, -0.25) is 0 Å². The van der Waals surface area contributed by atoms with Gasteiger partial charge in [0, 0.05) is 12.1 Å². The Kier molecular flexibility index (Phi) is 3.95. The minimum Gasteiger partial charge on any atom is -0.380 e. The molecule has 2 fully saturated rings. The van der Waals surface area contributed by atoms with Crippen LogP contribution in [-0.4, -0.2) is 6.04 Å². The van der Waals surface area contributed by atoms with E-state index in [0.717, 1.165) is 24.7 Å². The smallest absolute Gasteiger partial charge is 0.146 e. The predicted molar refractivity (Wildman–Crippen MR) is 77.8 cm³/mol. The Hall–Kier alpha value is -1.12. The summed E-state index contributed by atoms with van der Waals surface area (Å²) < 4.78 is 27.5. The van der Waals surface area contributed by atoms with Gasteiger partial charge in [-0.25, -0.2) is 8.78 Å². The average Bonchev–Trinajstić information content (AvgIpc) is 2.44. The van der Waals surface area contributed by atoms with E-state index in [4.69, 9.17) is 0 Å². The summed E-state index contributed by atoms with van der Waals surface area (Å²) in [5.74, 6) is 0.990. The molecule has 2 aliphatic carbocycles. The summed E-state index contributed by atoms with van der Waals surface area (Å²) in [5.41, 5.74) is 0.691. The zero-order valence-corrected chi connectivity index (χ0v) is 12.1. The Labute approximate surface area is 119 Å². The molecule has 3 unspecified atom stereocenters. The van der Waals surface area contributed by atoms with Gasteiger partial charge in [0.1, 0.15) is 11.6 Å². The summed E-state index contributed by atoms with van der Waals surface area (Å²) >= 11 is 0. The van der Waals surface area contributed by atoms with Crippen molar-refractivity contribution in [3.63, 3.8) is 0 Å². The maximum Gasteiger partial charge on any atom is 0.146 e. The molecule has 1 N–H and O–H groups in total. The van der Waals surface area contributed by atoms with Crippen molar-refractivity contribution >= 4 is 5.69 Å². The van der Waals surface area contributed by atoms with Crippen molar-refractivity contribution in [3.8, 4) is 0 Å². The van der Waals surface area contributed by atoms with Crippen LogP contribution in [0, 0.1) is 30.4 Å². The molecular weight excluding hydrogens is 256 g/mol. The molecule has 2 saturated carbocycles. The first-order valence-corrected chi connectivity index (χ1v) is 7.85. The highest BCUT2D eigenvalue weighted by molar-refractivity contribution is 5.47. The number of fused-ring (bicyclic) bond motifs is 1.